The van der Waals surface area contributed by atoms with Crippen LogP contribution >= 0.6 is 35.3 Å². The molecule has 4 heterocycles. The van der Waals surface area contributed by atoms with E-state index in [1.54, 1.807) is 0 Å². The number of hydrogen-bond acceptors (Lipinski definition) is 13. The number of thioether (sulfide) groups is 3. The smallest absolute Gasteiger partial charge is 0.226 e. The summed E-state index contributed by atoms with van der Waals surface area (Å²) < 4.78 is 5.52. The van der Waals surface area contributed by atoms with E-state index >= 15 is 0 Å². The van der Waals surface area contributed by atoms with Crippen molar-refractivity contribution in [3.8, 4) is 0 Å². The normalized spacial score (nSPS) is 36.4. The molecule has 1 amide bonds. The molecule has 5 rings (SSSR count). The van der Waals surface area contributed by atoms with E-state index in [2.05, 4.69) is 20.9 Å². The standard InChI is InChI=1S/C26H46N8O3S3/c27-16-3-1-2-4-17(16)31-13-32-26(21(24(28)29)25(30)36)33-19-9-14(11-38-19)15-12-39-23-18(35)10-20(40-22(15)23)34-5-7-37-8-6-34/h10,14-17,19,21-24,26,31-33H,1-9,11-13,27-29H2,(H2,30,36)/t14?,15?,16-,17+,19?,21?,22?,23?,26?/m1/s1. The quantitative estimate of drug-likeness (QED) is 0.145. The molecule has 0 aromatic heterocycles. The molecule has 0 aromatic carbocycles. The Kier molecular flexibility index (Phi) is 11.0. The van der Waals surface area contributed by atoms with Gasteiger partial charge in [-0.05, 0) is 42.6 Å². The lowest BCUT2D eigenvalue weighted by Crippen LogP contribution is -2.63. The molecule has 1 saturated carbocycles. The Morgan fingerprint density at radius 3 is 2.65 bits per heavy atom. The first kappa shape index (κ1) is 30.9. The van der Waals surface area contributed by atoms with Crippen LogP contribution in [0.15, 0.2) is 11.1 Å². The van der Waals surface area contributed by atoms with Crippen molar-refractivity contribution in [1.82, 2.24) is 20.9 Å². The number of ether oxygens (including phenoxy) is 1. The van der Waals surface area contributed by atoms with Crippen molar-refractivity contribution in [2.45, 2.75) is 72.4 Å². The van der Waals surface area contributed by atoms with Gasteiger partial charge in [-0.1, -0.05) is 12.8 Å². The van der Waals surface area contributed by atoms with Crippen LogP contribution in [-0.2, 0) is 14.3 Å². The zero-order valence-corrected chi connectivity index (χ0v) is 25.5. The number of allylic oxidation sites excluding steroid dienone is 1. The molecular formula is C26H46N8O3S3. The van der Waals surface area contributed by atoms with Crippen LogP contribution in [0.5, 0.6) is 0 Å². The zero-order chi connectivity index (χ0) is 28.2. The topological polar surface area (TPSA) is 187 Å². The number of rotatable bonds is 11. The third kappa shape index (κ3) is 7.32. The number of carbonyl (C=O) groups is 2. The molecule has 5 aliphatic rings. The average molecular weight is 615 g/mol. The Hall–Kier alpha value is -0.550. The molecule has 0 bridgehead atoms. The number of nitrogens with zero attached hydrogens (tertiary/aromatic N) is 1. The van der Waals surface area contributed by atoms with Crippen LogP contribution in [0.4, 0.5) is 0 Å². The van der Waals surface area contributed by atoms with Gasteiger partial charge in [0, 0.05) is 43.2 Å². The summed E-state index contributed by atoms with van der Waals surface area (Å²) in [6.45, 7) is 3.58. The van der Waals surface area contributed by atoms with Gasteiger partial charge in [-0.2, -0.15) is 0 Å². The third-order valence-corrected chi connectivity index (χ3v) is 13.4. The fourth-order valence-electron chi connectivity index (χ4n) is 6.60. The molecule has 4 aliphatic heterocycles. The van der Waals surface area contributed by atoms with E-state index < -0.39 is 24.2 Å². The van der Waals surface area contributed by atoms with Gasteiger partial charge in [0.05, 0.1) is 47.1 Å². The summed E-state index contributed by atoms with van der Waals surface area (Å²) >= 11 is 5.58. The number of amides is 1. The summed E-state index contributed by atoms with van der Waals surface area (Å²) in [5.74, 6) is 1.92. The minimum atomic E-state index is -0.885. The molecule has 1 aliphatic carbocycles. The van der Waals surface area contributed by atoms with Gasteiger partial charge < -0.3 is 37.9 Å². The van der Waals surface area contributed by atoms with Gasteiger partial charge in [0.25, 0.3) is 0 Å². The van der Waals surface area contributed by atoms with E-state index in [-0.39, 0.29) is 28.5 Å². The maximum Gasteiger partial charge on any atom is 0.226 e. The highest BCUT2D eigenvalue weighted by molar-refractivity contribution is 8.07. The first-order chi connectivity index (χ1) is 19.3. The van der Waals surface area contributed by atoms with Crippen molar-refractivity contribution < 1.29 is 14.3 Å². The monoisotopic (exact) mass is 614 g/mol. The summed E-state index contributed by atoms with van der Waals surface area (Å²) in [6, 6.07) is 0.374. The van der Waals surface area contributed by atoms with Gasteiger partial charge in [-0.15, -0.1) is 35.3 Å². The molecule has 226 valence electrons. The first-order valence-corrected chi connectivity index (χ1v) is 17.6. The molecule has 4 fully saturated rings. The van der Waals surface area contributed by atoms with E-state index in [0.29, 0.717) is 37.0 Å². The second-order valence-corrected chi connectivity index (χ2v) is 15.2. The van der Waals surface area contributed by atoms with Gasteiger partial charge in [0.15, 0.2) is 5.78 Å². The third-order valence-electron chi connectivity index (χ3n) is 8.92. The maximum absolute atomic E-state index is 13.1. The lowest BCUT2D eigenvalue weighted by Gasteiger charge is -2.36. The van der Waals surface area contributed by atoms with Gasteiger partial charge in [-0.25, -0.2) is 0 Å². The Labute approximate surface area is 250 Å². The summed E-state index contributed by atoms with van der Waals surface area (Å²) in [6.07, 6.45) is 5.87. The minimum absolute atomic E-state index is 0.0397. The van der Waals surface area contributed by atoms with Crippen molar-refractivity contribution in [2.75, 3.05) is 44.5 Å². The molecule has 9 atom stereocenters. The molecule has 3 saturated heterocycles. The van der Waals surface area contributed by atoms with Crippen molar-refractivity contribution in [1.29, 1.82) is 0 Å². The number of ketones is 1. The number of primary amides is 1. The highest BCUT2D eigenvalue weighted by Crippen LogP contribution is 2.52. The Morgan fingerprint density at radius 2 is 1.93 bits per heavy atom. The van der Waals surface area contributed by atoms with E-state index in [0.717, 1.165) is 48.9 Å². The molecule has 14 heteroatoms. The number of carbonyl (C=O) groups excluding carboxylic acids is 2. The Bertz CT molecular complexity index is 924. The highest BCUT2D eigenvalue weighted by Gasteiger charge is 2.49. The fraction of sp³-hybridized carbons (Fsp3) is 0.846. The number of hydrogen-bond donors (Lipinski definition) is 7. The second-order valence-electron chi connectivity index (χ2n) is 11.6. The van der Waals surface area contributed by atoms with Gasteiger partial charge in [0.1, 0.15) is 0 Å². The van der Waals surface area contributed by atoms with Crippen LogP contribution < -0.4 is 38.9 Å². The van der Waals surface area contributed by atoms with Crippen molar-refractivity contribution >= 4 is 47.0 Å². The zero-order valence-electron chi connectivity index (χ0n) is 23.0. The molecular weight excluding hydrogens is 569 g/mol. The van der Waals surface area contributed by atoms with E-state index in [4.69, 9.17) is 27.7 Å². The largest absolute Gasteiger partial charge is 0.378 e. The number of morpholine rings is 1. The first-order valence-electron chi connectivity index (χ1n) is 14.6. The summed E-state index contributed by atoms with van der Waals surface area (Å²) in [4.78, 5) is 27.7. The Balaban J connectivity index is 1.19. The summed E-state index contributed by atoms with van der Waals surface area (Å²) in [5.41, 5.74) is 24.1. The molecule has 0 radical (unpaired) electrons. The lowest BCUT2D eigenvalue weighted by molar-refractivity contribution is -0.123. The molecule has 11 nitrogen and oxygen atoms in total. The van der Waals surface area contributed by atoms with Crippen LogP contribution in [0.2, 0.25) is 0 Å². The van der Waals surface area contributed by atoms with E-state index in [1.807, 2.05) is 41.4 Å². The van der Waals surface area contributed by atoms with Gasteiger partial charge >= 0.3 is 0 Å². The molecule has 11 N–H and O–H groups in total. The van der Waals surface area contributed by atoms with Crippen LogP contribution in [0.1, 0.15) is 32.1 Å². The van der Waals surface area contributed by atoms with Crippen LogP contribution in [0.25, 0.3) is 0 Å². The van der Waals surface area contributed by atoms with Crippen molar-refractivity contribution in [3.63, 3.8) is 0 Å². The van der Waals surface area contributed by atoms with Crippen LogP contribution in [0, 0.1) is 17.8 Å². The maximum atomic E-state index is 13.1. The molecule has 0 spiro atoms. The van der Waals surface area contributed by atoms with Crippen molar-refractivity contribution in [3.05, 3.63) is 11.1 Å². The van der Waals surface area contributed by atoms with Gasteiger partial charge in [-0.3, -0.25) is 20.2 Å². The Morgan fingerprint density at radius 1 is 1.15 bits per heavy atom. The lowest BCUT2D eigenvalue weighted by atomic mass is 9.87. The predicted octanol–water partition coefficient (Wildman–Crippen LogP) is -0.677. The summed E-state index contributed by atoms with van der Waals surface area (Å²) in [7, 11) is 0. The number of fused-ring (bicyclic) bond motifs is 1. The molecule has 40 heavy (non-hydrogen) atoms. The molecule has 0 aromatic rings. The van der Waals surface area contributed by atoms with E-state index in [1.165, 1.54) is 12.8 Å². The highest BCUT2D eigenvalue weighted by atomic mass is 32.2. The van der Waals surface area contributed by atoms with Crippen LogP contribution in [0.3, 0.4) is 0 Å². The predicted molar refractivity (Wildman–Crippen MR) is 164 cm³/mol. The second kappa shape index (κ2) is 14.3. The average Bonchev–Trinajstić information content (AvgIpc) is 3.57. The van der Waals surface area contributed by atoms with Crippen LogP contribution in [-0.4, -0.2) is 101 Å². The minimum Gasteiger partial charge on any atom is -0.378 e. The van der Waals surface area contributed by atoms with E-state index in [9.17, 15) is 9.59 Å². The number of nitrogens with one attached hydrogen (secondary N) is 3. The van der Waals surface area contributed by atoms with Crippen molar-refractivity contribution in [2.24, 2.45) is 40.7 Å². The fourth-order valence-corrected chi connectivity index (χ4v) is 11.7. The summed E-state index contributed by atoms with van der Waals surface area (Å²) in [5, 5.41) is 12.1. The van der Waals surface area contributed by atoms with Gasteiger partial charge in [0.2, 0.25) is 5.91 Å². The SMILES string of the molecule is NC(=O)C(C(N)N)C(NCN[C@H]1CCCC[C@H]1N)NC1CC(C2CSC3C(=O)C=C(N4CCOCC4)SC32)CS1. The molecule has 7 unspecified atom stereocenters. The number of nitrogens with two attached hydrogens (primary N) is 4.